The number of benzene rings is 1. The second-order valence-corrected chi connectivity index (χ2v) is 18.7. The highest BCUT2D eigenvalue weighted by atomic mass is 32.2. The molecule has 1 unspecified atom stereocenters. The third kappa shape index (κ3) is 9.03. The summed E-state index contributed by atoms with van der Waals surface area (Å²) >= 11 is 1.38. The molecule has 0 bridgehead atoms. The largest absolute Gasteiger partial charge is 0.488 e. The minimum atomic E-state index is -3.73. The number of rotatable bonds is 9. The Morgan fingerprint density at radius 1 is 1.05 bits per heavy atom. The molecular formula is C40H50N6O9S2. The molecule has 3 amide bonds. The number of ether oxygens (including phenoxy) is 2. The predicted molar refractivity (Wildman–Crippen MR) is 214 cm³/mol. The summed E-state index contributed by atoms with van der Waals surface area (Å²) in [5.41, 5.74) is -0.456. The molecule has 306 valence electrons. The van der Waals surface area contributed by atoms with Crippen LogP contribution >= 0.6 is 11.3 Å². The van der Waals surface area contributed by atoms with Crippen molar-refractivity contribution < 1.29 is 42.2 Å². The number of hydrogen-bond donors (Lipinski definition) is 4. The number of fused-ring (bicyclic) bond motifs is 3. The molecule has 0 spiro atoms. The first-order chi connectivity index (χ1) is 27.2. The van der Waals surface area contributed by atoms with Crippen LogP contribution in [0.5, 0.6) is 5.75 Å². The van der Waals surface area contributed by atoms with E-state index >= 15 is 0 Å². The molecule has 0 radical (unpaired) electrons. The molecule has 2 aliphatic carbocycles. The number of anilines is 1. The van der Waals surface area contributed by atoms with Gasteiger partial charge in [0.05, 0.1) is 22.7 Å². The van der Waals surface area contributed by atoms with Gasteiger partial charge in [-0.3, -0.25) is 9.59 Å². The van der Waals surface area contributed by atoms with E-state index in [1.165, 1.54) is 22.3 Å². The van der Waals surface area contributed by atoms with Crippen molar-refractivity contribution >= 4 is 61.1 Å². The molecule has 3 aromatic rings. The molecule has 57 heavy (non-hydrogen) atoms. The van der Waals surface area contributed by atoms with Gasteiger partial charge in [0, 0.05) is 41.5 Å². The molecule has 4 N–H and O–H groups in total. The van der Waals surface area contributed by atoms with Gasteiger partial charge < -0.3 is 35.4 Å². The van der Waals surface area contributed by atoms with Crippen LogP contribution in [0.4, 0.5) is 9.93 Å². The molecule has 3 fully saturated rings. The van der Waals surface area contributed by atoms with Crippen LogP contribution in [0.15, 0.2) is 46.7 Å². The Morgan fingerprint density at radius 3 is 2.56 bits per heavy atom. The molecule has 4 heterocycles. The molecule has 1 aromatic carbocycles. The number of sulfone groups is 1. The SMILES string of the molecule is CC(C)Nc1nc(-c2cc(O[C@@H]3C[C@H]4C(=O)N[C@]5(C(=O)O)CC5/C=C\CCCCC[C@H](NC(=O)OC5CCCC5)C(=O)N4C3)c3cccc(S(C)(=O)=O)c3n2)cs1. The number of carboxylic acids is 1. The normalized spacial score (nSPS) is 26.5. The van der Waals surface area contributed by atoms with E-state index in [0.29, 0.717) is 34.7 Å². The van der Waals surface area contributed by atoms with Crippen LogP contribution in [0.2, 0.25) is 0 Å². The monoisotopic (exact) mass is 822 g/mol. The zero-order valence-electron chi connectivity index (χ0n) is 32.4. The number of pyridine rings is 1. The number of thiazole rings is 1. The summed E-state index contributed by atoms with van der Waals surface area (Å²) < 4.78 is 38.3. The summed E-state index contributed by atoms with van der Waals surface area (Å²) in [6.07, 6.45) is 10.1. The zero-order valence-corrected chi connectivity index (χ0v) is 34.0. The van der Waals surface area contributed by atoms with Gasteiger partial charge in [0.1, 0.15) is 41.3 Å². The van der Waals surface area contributed by atoms with E-state index in [1.54, 1.807) is 18.2 Å². The van der Waals surface area contributed by atoms with Crippen molar-refractivity contribution in [2.24, 2.45) is 5.92 Å². The van der Waals surface area contributed by atoms with Crippen LogP contribution in [0, 0.1) is 5.92 Å². The maximum Gasteiger partial charge on any atom is 0.408 e. The lowest BCUT2D eigenvalue weighted by Crippen LogP contribution is -2.56. The predicted octanol–water partition coefficient (Wildman–Crippen LogP) is 5.45. The number of hydrogen-bond acceptors (Lipinski definition) is 12. The molecule has 2 saturated carbocycles. The lowest BCUT2D eigenvalue weighted by Gasteiger charge is -2.29. The number of nitrogens with zero attached hydrogens (tertiary/aromatic N) is 3. The van der Waals surface area contributed by atoms with Crippen molar-refractivity contribution in [2.45, 2.75) is 125 Å². The van der Waals surface area contributed by atoms with Crippen LogP contribution < -0.4 is 20.7 Å². The Hall–Kier alpha value is -4.77. The minimum Gasteiger partial charge on any atom is -0.488 e. The number of carbonyl (C=O) groups excluding carboxylic acids is 3. The fourth-order valence-electron chi connectivity index (χ4n) is 8.08. The van der Waals surface area contributed by atoms with Gasteiger partial charge in [-0.15, -0.1) is 11.3 Å². The van der Waals surface area contributed by atoms with Gasteiger partial charge in [-0.05, 0) is 77.3 Å². The Balaban J connectivity index is 1.23. The standard InChI is InChI=1S/C40H50N6O9S2/c1-23(2)41-38-43-30(22-56-38)29-19-32(27-15-11-17-33(34(27)42-29)57(3,52)53)54-26-18-31-35(47)45-40(37(49)50)20-24(40)12-7-5-4-6-8-16-28(36(48)46(31)21-26)44-39(51)55-25-13-9-10-14-25/h7,11-12,15,17,19,22-26,28,31H,4-6,8-10,13-14,16,18,20-21H2,1-3H3,(H,41,43)(H,44,51)(H,45,47)(H,49,50)/b12-7-/t24?,26-,28+,31+,40-/m1/s1. The number of nitrogens with one attached hydrogen (secondary N) is 3. The van der Waals surface area contributed by atoms with E-state index in [0.717, 1.165) is 51.2 Å². The Bertz CT molecular complexity index is 2170. The number of allylic oxidation sites excluding steroid dienone is 1. The molecule has 7 rings (SSSR count). The van der Waals surface area contributed by atoms with Crippen molar-refractivity contribution in [3.63, 3.8) is 0 Å². The van der Waals surface area contributed by atoms with Gasteiger partial charge in [0.15, 0.2) is 15.0 Å². The fraction of sp³-hybridized carbons (Fsp3) is 0.550. The van der Waals surface area contributed by atoms with Gasteiger partial charge in [-0.2, -0.15) is 0 Å². The second kappa shape index (κ2) is 16.6. The van der Waals surface area contributed by atoms with Crippen molar-refractivity contribution in [3.05, 3.63) is 41.8 Å². The summed E-state index contributed by atoms with van der Waals surface area (Å²) in [6.45, 7) is 3.91. The first kappa shape index (κ1) is 40.4. The summed E-state index contributed by atoms with van der Waals surface area (Å²) in [7, 11) is -3.73. The van der Waals surface area contributed by atoms with Crippen molar-refractivity contribution in [1.82, 2.24) is 25.5 Å². The molecule has 15 nitrogen and oxygen atoms in total. The van der Waals surface area contributed by atoms with Crippen molar-refractivity contribution in [1.29, 1.82) is 0 Å². The lowest BCUT2D eigenvalue weighted by molar-refractivity contribution is -0.145. The third-order valence-corrected chi connectivity index (χ3v) is 13.0. The zero-order chi connectivity index (χ0) is 40.5. The Labute approximate surface area is 335 Å². The van der Waals surface area contributed by atoms with Gasteiger partial charge in [0.25, 0.3) is 0 Å². The molecule has 4 aliphatic rings. The quantitative estimate of drug-likeness (QED) is 0.199. The van der Waals surface area contributed by atoms with Crippen LogP contribution in [-0.4, -0.2) is 101 Å². The van der Waals surface area contributed by atoms with Crippen molar-refractivity contribution in [3.8, 4) is 17.1 Å². The summed E-state index contributed by atoms with van der Waals surface area (Å²) in [5.74, 6) is -2.41. The van der Waals surface area contributed by atoms with Gasteiger partial charge in [-0.1, -0.05) is 31.1 Å². The minimum absolute atomic E-state index is 0.00140. The van der Waals surface area contributed by atoms with E-state index in [4.69, 9.17) is 14.5 Å². The van der Waals surface area contributed by atoms with E-state index in [9.17, 15) is 32.7 Å². The lowest BCUT2D eigenvalue weighted by atomic mass is 10.0. The number of aromatic nitrogens is 2. The topological polar surface area (TPSA) is 206 Å². The average Bonchev–Trinajstić information content (AvgIpc) is 3.58. The molecule has 1 saturated heterocycles. The molecule has 2 aromatic heterocycles. The summed E-state index contributed by atoms with van der Waals surface area (Å²) in [4.78, 5) is 65.3. The van der Waals surface area contributed by atoms with E-state index in [-0.39, 0.29) is 47.7 Å². The van der Waals surface area contributed by atoms with E-state index in [2.05, 4.69) is 20.9 Å². The first-order valence-electron chi connectivity index (χ1n) is 19.7. The van der Waals surface area contributed by atoms with Crippen LogP contribution in [0.3, 0.4) is 0 Å². The highest BCUT2D eigenvalue weighted by Gasteiger charge is 2.61. The number of carbonyl (C=O) groups is 4. The summed E-state index contributed by atoms with van der Waals surface area (Å²) in [6, 6.07) is 4.44. The summed E-state index contributed by atoms with van der Waals surface area (Å²) in [5, 5.41) is 22.0. The van der Waals surface area contributed by atoms with Crippen LogP contribution in [0.25, 0.3) is 22.3 Å². The number of amides is 3. The number of para-hydroxylation sites is 1. The fourth-order valence-corrected chi connectivity index (χ4v) is 9.77. The van der Waals surface area contributed by atoms with Gasteiger partial charge in [-0.25, -0.2) is 28.0 Å². The highest BCUT2D eigenvalue weighted by Crippen LogP contribution is 2.45. The Kier molecular flexibility index (Phi) is 11.8. The number of carboxylic acid groups (broad SMARTS) is 1. The smallest absolute Gasteiger partial charge is 0.408 e. The van der Waals surface area contributed by atoms with E-state index < -0.39 is 63.4 Å². The average molecular weight is 823 g/mol. The molecule has 5 atom stereocenters. The Morgan fingerprint density at radius 2 is 1.82 bits per heavy atom. The highest BCUT2D eigenvalue weighted by molar-refractivity contribution is 7.91. The molecular weight excluding hydrogens is 773 g/mol. The van der Waals surface area contributed by atoms with Crippen LogP contribution in [-0.2, 0) is 29.0 Å². The number of alkyl carbamates (subject to hydrolysis) is 1. The third-order valence-electron chi connectivity index (χ3n) is 11.1. The van der Waals surface area contributed by atoms with Crippen LogP contribution in [0.1, 0.15) is 84.5 Å². The molecule has 17 heteroatoms. The maximum atomic E-state index is 14.6. The molecule has 2 aliphatic heterocycles. The maximum absolute atomic E-state index is 14.6. The van der Waals surface area contributed by atoms with Gasteiger partial charge >= 0.3 is 12.1 Å². The number of aliphatic carboxylic acids is 1. The first-order valence-corrected chi connectivity index (χ1v) is 22.5. The van der Waals surface area contributed by atoms with Gasteiger partial charge in [0.2, 0.25) is 11.8 Å². The van der Waals surface area contributed by atoms with E-state index in [1.807, 2.05) is 31.4 Å². The van der Waals surface area contributed by atoms with Crippen molar-refractivity contribution in [2.75, 3.05) is 18.1 Å². The second-order valence-electron chi connectivity index (χ2n) is 15.9.